The third kappa shape index (κ3) is 4.56. The molecule has 0 radical (unpaired) electrons. The van der Waals surface area contributed by atoms with Crippen LogP contribution < -0.4 is 4.72 Å². The molecule has 148 valence electrons. The van der Waals surface area contributed by atoms with Crippen LogP contribution in [-0.4, -0.2) is 31.3 Å². The van der Waals surface area contributed by atoms with Crippen LogP contribution in [-0.2, 0) is 14.8 Å². The molecule has 0 aromatic heterocycles. The number of hydrogen-bond donors (Lipinski definition) is 1. The molecular formula is C20H22FN3O3S. The summed E-state index contributed by atoms with van der Waals surface area (Å²) in [6, 6.07) is 12.6. The number of carbonyl (C=O) groups is 1. The number of hydrazone groups is 1. The van der Waals surface area contributed by atoms with E-state index in [4.69, 9.17) is 0 Å². The maximum atomic E-state index is 13.3. The number of halogens is 1. The Labute approximate surface area is 164 Å². The molecule has 0 fully saturated rings. The van der Waals surface area contributed by atoms with Gasteiger partial charge in [-0.2, -0.15) is 5.10 Å². The van der Waals surface area contributed by atoms with E-state index in [0.29, 0.717) is 17.8 Å². The van der Waals surface area contributed by atoms with Gasteiger partial charge in [-0.25, -0.2) is 17.8 Å². The first-order valence-electron chi connectivity index (χ1n) is 8.88. The van der Waals surface area contributed by atoms with Crippen molar-refractivity contribution in [3.8, 4) is 0 Å². The molecule has 2 aromatic rings. The standard InChI is InChI=1S/C20H22FN3O3S/c1-13(2)20(25)24-19(14-7-9-16(21)10-8-14)12-18(22-24)15-5-4-6-17(11-15)23-28(3,26)27/h4-11,13,19,23H,12H2,1-3H3/t19-/m0/s1. The third-order valence-electron chi connectivity index (χ3n) is 4.38. The van der Waals surface area contributed by atoms with Gasteiger partial charge in [-0.1, -0.05) is 38.1 Å². The van der Waals surface area contributed by atoms with Gasteiger partial charge in [0.2, 0.25) is 15.9 Å². The monoisotopic (exact) mass is 403 g/mol. The normalized spacial score (nSPS) is 17.0. The van der Waals surface area contributed by atoms with Crippen molar-refractivity contribution in [3.05, 3.63) is 65.5 Å². The maximum Gasteiger partial charge on any atom is 0.245 e. The SMILES string of the molecule is CC(C)C(=O)N1N=C(c2cccc(NS(C)(=O)=O)c2)C[C@H]1c1ccc(F)cc1. The number of sulfonamides is 1. The fraction of sp³-hybridized carbons (Fsp3) is 0.300. The smallest absolute Gasteiger partial charge is 0.245 e. The highest BCUT2D eigenvalue weighted by atomic mass is 32.2. The van der Waals surface area contributed by atoms with Gasteiger partial charge < -0.3 is 0 Å². The molecule has 0 bridgehead atoms. The summed E-state index contributed by atoms with van der Waals surface area (Å²) in [5.41, 5.74) is 2.61. The molecule has 1 aliphatic rings. The van der Waals surface area contributed by atoms with E-state index >= 15 is 0 Å². The molecule has 1 aliphatic heterocycles. The number of hydrogen-bond acceptors (Lipinski definition) is 4. The van der Waals surface area contributed by atoms with Gasteiger partial charge in [-0.05, 0) is 35.4 Å². The Kier molecular flexibility index (Phi) is 5.51. The minimum atomic E-state index is -3.40. The van der Waals surface area contributed by atoms with E-state index in [-0.39, 0.29) is 23.7 Å². The lowest BCUT2D eigenvalue weighted by molar-refractivity contribution is -0.136. The number of rotatable bonds is 5. The topological polar surface area (TPSA) is 78.8 Å². The summed E-state index contributed by atoms with van der Waals surface area (Å²) in [6.07, 6.45) is 1.53. The zero-order valence-electron chi connectivity index (χ0n) is 15.9. The largest absolute Gasteiger partial charge is 0.284 e. The predicted octanol–water partition coefficient (Wildman–Crippen LogP) is 3.53. The Balaban J connectivity index is 1.96. The van der Waals surface area contributed by atoms with Crippen molar-refractivity contribution in [3.63, 3.8) is 0 Å². The molecule has 0 saturated carbocycles. The highest BCUT2D eigenvalue weighted by Gasteiger charge is 2.34. The average molecular weight is 403 g/mol. The summed E-state index contributed by atoms with van der Waals surface area (Å²) in [5, 5.41) is 5.98. The number of benzene rings is 2. The van der Waals surface area contributed by atoms with Crippen LogP contribution in [0.4, 0.5) is 10.1 Å². The number of amides is 1. The summed E-state index contributed by atoms with van der Waals surface area (Å²) >= 11 is 0. The molecule has 0 unspecified atom stereocenters. The Morgan fingerprint density at radius 3 is 2.50 bits per heavy atom. The summed E-state index contributed by atoms with van der Waals surface area (Å²) in [6.45, 7) is 3.60. The highest BCUT2D eigenvalue weighted by molar-refractivity contribution is 7.92. The van der Waals surface area contributed by atoms with E-state index in [1.807, 2.05) is 6.07 Å². The van der Waals surface area contributed by atoms with Crippen LogP contribution in [0.1, 0.15) is 37.4 Å². The van der Waals surface area contributed by atoms with Crippen LogP contribution in [0, 0.1) is 11.7 Å². The Morgan fingerprint density at radius 2 is 1.89 bits per heavy atom. The van der Waals surface area contributed by atoms with E-state index in [1.165, 1.54) is 17.1 Å². The first-order valence-corrected chi connectivity index (χ1v) is 10.8. The number of carbonyl (C=O) groups excluding carboxylic acids is 1. The Bertz CT molecular complexity index is 1020. The van der Waals surface area contributed by atoms with Crippen LogP contribution in [0.3, 0.4) is 0 Å². The van der Waals surface area contributed by atoms with Gasteiger partial charge in [0.15, 0.2) is 0 Å². The Hall–Kier alpha value is -2.74. The van der Waals surface area contributed by atoms with Gasteiger partial charge in [0, 0.05) is 18.0 Å². The second-order valence-electron chi connectivity index (χ2n) is 7.11. The van der Waals surface area contributed by atoms with Crippen molar-refractivity contribution in [1.82, 2.24) is 5.01 Å². The fourth-order valence-corrected chi connectivity index (χ4v) is 3.63. The molecule has 8 heteroatoms. The summed E-state index contributed by atoms with van der Waals surface area (Å²) in [7, 11) is -3.40. The second-order valence-corrected chi connectivity index (χ2v) is 8.86. The van der Waals surface area contributed by atoms with Gasteiger partial charge >= 0.3 is 0 Å². The van der Waals surface area contributed by atoms with Gasteiger partial charge in [-0.15, -0.1) is 0 Å². The molecule has 3 rings (SSSR count). The number of nitrogens with one attached hydrogen (secondary N) is 1. The molecule has 1 atom stereocenters. The predicted molar refractivity (Wildman–Crippen MR) is 107 cm³/mol. The lowest BCUT2D eigenvalue weighted by Gasteiger charge is -2.23. The zero-order chi connectivity index (χ0) is 20.5. The van der Waals surface area contributed by atoms with Crippen molar-refractivity contribution in [2.75, 3.05) is 11.0 Å². The molecule has 1 amide bonds. The van der Waals surface area contributed by atoms with Crippen molar-refractivity contribution < 1.29 is 17.6 Å². The zero-order valence-corrected chi connectivity index (χ0v) is 16.7. The van der Waals surface area contributed by atoms with Crippen molar-refractivity contribution in [1.29, 1.82) is 0 Å². The molecule has 1 N–H and O–H groups in total. The minimum absolute atomic E-state index is 0.130. The molecular weight excluding hydrogens is 381 g/mol. The lowest BCUT2D eigenvalue weighted by Crippen LogP contribution is -2.30. The van der Waals surface area contributed by atoms with Crippen molar-refractivity contribution in [2.24, 2.45) is 11.0 Å². The average Bonchev–Trinajstić information content (AvgIpc) is 3.05. The summed E-state index contributed by atoms with van der Waals surface area (Å²) in [4.78, 5) is 12.7. The quantitative estimate of drug-likeness (QED) is 0.829. The Morgan fingerprint density at radius 1 is 1.21 bits per heavy atom. The fourth-order valence-electron chi connectivity index (χ4n) is 3.07. The van der Waals surface area contributed by atoms with Crippen LogP contribution in [0.2, 0.25) is 0 Å². The molecule has 28 heavy (non-hydrogen) atoms. The van der Waals surface area contributed by atoms with E-state index in [9.17, 15) is 17.6 Å². The van der Waals surface area contributed by atoms with Crippen LogP contribution in [0.15, 0.2) is 53.6 Å². The third-order valence-corrected chi connectivity index (χ3v) is 4.99. The van der Waals surface area contributed by atoms with Gasteiger partial charge in [0.25, 0.3) is 0 Å². The van der Waals surface area contributed by atoms with Crippen LogP contribution in [0.25, 0.3) is 0 Å². The summed E-state index contributed by atoms with van der Waals surface area (Å²) in [5.74, 6) is -0.719. The van der Waals surface area contributed by atoms with Gasteiger partial charge in [0.1, 0.15) is 5.82 Å². The second kappa shape index (κ2) is 7.71. The summed E-state index contributed by atoms with van der Waals surface area (Å²) < 4.78 is 38.7. The van der Waals surface area contributed by atoms with Crippen molar-refractivity contribution >= 4 is 27.3 Å². The van der Waals surface area contributed by atoms with E-state index in [1.54, 1.807) is 44.2 Å². The van der Waals surface area contributed by atoms with Crippen LogP contribution >= 0.6 is 0 Å². The first kappa shape index (κ1) is 20.0. The maximum absolute atomic E-state index is 13.3. The van der Waals surface area contributed by atoms with Gasteiger partial charge in [-0.3, -0.25) is 9.52 Å². The van der Waals surface area contributed by atoms with Crippen molar-refractivity contribution in [2.45, 2.75) is 26.3 Å². The molecule has 2 aromatic carbocycles. The van der Waals surface area contributed by atoms with E-state index < -0.39 is 10.0 Å². The van der Waals surface area contributed by atoms with E-state index in [0.717, 1.165) is 17.4 Å². The molecule has 1 heterocycles. The van der Waals surface area contributed by atoms with E-state index in [2.05, 4.69) is 9.82 Å². The number of nitrogens with zero attached hydrogens (tertiary/aromatic N) is 2. The highest BCUT2D eigenvalue weighted by Crippen LogP contribution is 2.34. The molecule has 0 saturated heterocycles. The minimum Gasteiger partial charge on any atom is -0.284 e. The molecule has 0 aliphatic carbocycles. The van der Waals surface area contributed by atoms with Gasteiger partial charge in [0.05, 0.1) is 18.0 Å². The lowest BCUT2D eigenvalue weighted by atomic mass is 9.97. The number of anilines is 1. The molecule has 0 spiro atoms. The first-order chi connectivity index (χ1) is 13.1. The van der Waals surface area contributed by atoms with Crippen LogP contribution in [0.5, 0.6) is 0 Å². The molecule has 6 nitrogen and oxygen atoms in total.